The summed E-state index contributed by atoms with van der Waals surface area (Å²) in [6.45, 7) is 2.31. The monoisotopic (exact) mass is 462 g/mol. The predicted octanol–water partition coefficient (Wildman–Crippen LogP) is 4.90. The number of amides is 1. The molecule has 0 aliphatic carbocycles. The van der Waals surface area contributed by atoms with Crippen LogP contribution in [0.25, 0.3) is 5.76 Å². The lowest BCUT2D eigenvalue weighted by atomic mass is 9.95. The molecule has 1 aliphatic rings. The second kappa shape index (κ2) is 9.20. The number of nitrogens with zero attached hydrogens (tertiary/aromatic N) is 2. The number of Topliss-reactive ketones (excluding diaryl/α,β-unsaturated/α-hetero) is 1. The molecule has 1 heterocycles. The summed E-state index contributed by atoms with van der Waals surface area (Å²) in [7, 11) is 5.28. The van der Waals surface area contributed by atoms with Crippen LogP contribution in [0.4, 0.5) is 5.69 Å². The quantitative estimate of drug-likeness (QED) is 0.375. The summed E-state index contributed by atoms with van der Waals surface area (Å²) in [4.78, 5) is 29.2. The van der Waals surface area contributed by atoms with E-state index in [0.717, 1.165) is 11.3 Å². The molecule has 1 saturated heterocycles. The van der Waals surface area contributed by atoms with E-state index in [2.05, 4.69) is 0 Å². The van der Waals surface area contributed by atoms with Crippen molar-refractivity contribution in [3.8, 4) is 5.75 Å². The first-order valence-electron chi connectivity index (χ1n) is 9.80. The van der Waals surface area contributed by atoms with E-state index < -0.39 is 17.7 Å². The van der Waals surface area contributed by atoms with Crippen molar-refractivity contribution < 1.29 is 19.4 Å². The van der Waals surface area contributed by atoms with Gasteiger partial charge in [-0.15, -0.1) is 0 Å². The lowest BCUT2D eigenvalue weighted by Crippen LogP contribution is -2.30. The van der Waals surface area contributed by atoms with Gasteiger partial charge in [-0.2, -0.15) is 0 Å². The summed E-state index contributed by atoms with van der Waals surface area (Å²) in [5.74, 6) is -1.45. The number of rotatable bonds is 6. The number of methoxy groups -OCH3 is 1. The van der Waals surface area contributed by atoms with Gasteiger partial charge in [0.25, 0.3) is 11.7 Å². The van der Waals surface area contributed by atoms with Gasteiger partial charge in [-0.05, 0) is 36.2 Å². The maximum absolute atomic E-state index is 12.9. The number of carbonyl (C=O) groups is 2. The van der Waals surface area contributed by atoms with E-state index >= 15 is 0 Å². The molecule has 2 aromatic rings. The van der Waals surface area contributed by atoms with E-state index in [9.17, 15) is 14.7 Å². The second-order valence-corrected chi connectivity index (χ2v) is 8.27. The van der Waals surface area contributed by atoms with Gasteiger partial charge in [-0.3, -0.25) is 9.59 Å². The number of benzene rings is 2. The Labute approximate surface area is 191 Å². The maximum atomic E-state index is 12.9. The molecule has 164 valence electrons. The summed E-state index contributed by atoms with van der Waals surface area (Å²) in [5.41, 5.74) is 1.95. The molecule has 0 saturated carbocycles. The number of ketones is 1. The Balaban J connectivity index is 2.19. The molecule has 1 unspecified atom stereocenters. The van der Waals surface area contributed by atoms with Crippen molar-refractivity contribution in [3.05, 3.63) is 63.1 Å². The van der Waals surface area contributed by atoms with Crippen molar-refractivity contribution in [2.75, 3.05) is 32.6 Å². The molecule has 1 N–H and O–H groups in total. The van der Waals surface area contributed by atoms with Crippen molar-refractivity contribution >= 4 is 46.3 Å². The van der Waals surface area contributed by atoms with Crippen LogP contribution >= 0.6 is 23.2 Å². The van der Waals surface area contributed by atoms with E-state index in [0.29, 0.717) is 13.0 Å². The number of halogens is 2. The molecule has 0 radical (unpaired) electrons. The smallest absolute Gasteiger partial charge is 0.295 e. The average molecular weight is 463 g/mol. The summed E-state index contributed by atoms with van der Waals surface area (Å²) in [5, 5.41) is 11.5. The third kappa shape index (κ3) is 4.23. The van der Waals surface area contributed by atoms with Crippen LogP contribution in [0.15, 0.2) is 42.0 Å². The minimum absolute atomic E-state index is 0.00773. The molecule has 8 heteroatoms. The SMILES string of the molecule is CCCN1C(=O)C(=O)/C(=C(/O)c2cc(Cl)c(OC)c(Cl)c2)C1c1ccc(N(C)C)cc1. The van der Waals surface area contributed by atoms with Crippen LogP contribution < -0.4 is 9.64 Å². The van der Waals surface area contributed by atoms with Crippen molar-refractivity contribution in [2.24, 2.45) is 0 Å². The van der Waals surface area contributed by atoms with Gasteiger partial charge in [-0.1, -0.05) is 42.3 Å². The number of hydrogen-bond donors (Lipinski definition) is 1. The Hall–Kier alpha value is -2.70. The topological polar surface area (TPSA) is 70.1 Å². The normalized spacial score (nSPS) is 17.9. The number of aliphatic hydroxyl groups excluding tert-OH is 1. The highest BCUT2D eigenvalue weighted by Crippen LogP contribution is 2.42. The van der Waals surface area contributed by atoms with Gasteiger partial charge in [0.1, 0.15) is 5.76 Å². The number of hydrogen-bond acceptors (Lipinski definition) is 5. The van der Waals surface area contributed by atoms with Crippen molar-refractivity contribution in [2.45, 2.75) is 19.4 Å². The highest BCUT2D eigenvalue weighted by Gasteiger charge is 2.45. The predicted molar refractivity (Wildman–Crippen MR) is 123 cm³/mol. The van der Waals surface area contributed by atoms with Gasteiger partial charge in [0.2, 0.25) is 0 Å². The standard InChI is InChI=1S/C23H24Cl2N2O4/c1-5-10-27-19(13-6-8-15(9-7-13)26(2)3)18(21(29)23(27)30)20(28)14-11-16(24)22(31-4)17(25)12-14/h6-9,11-12,19,28H,5,10H2,1-4H3/b20-18+. The third-order valence-electron chi connectivity index (χ3n) is 5.21. The van der Waals surface area contributed by atoms with E-state index in [1.54, 1.807) is 0 Å². The van der Waals surface area contributed by atoms with Crippen LogP contribution in [0.2, 0.25) is 10.0 Å². The summed E-state index contributed by atoms with van der Waals surface area (Å²) in [6.07, 6.45) is 0.666. The number of carbonyl (C=O) groups excluding carboxylic acids is 2. The molecular weight excluding hydrogens is 439 g/mol. The van der Waals surface area contributed by atoms with Gasteiger partial charge in [0.05, 0.1) is 28.8 Å². The summed E-state index contributed by atoms with van der Waals surface area (Å²) < 4.78 is 5.15. The number of aliphatic hydroxyl groups is 1. The zero-order valence-corrected chi connectivity index (χ0v) is 19.3. The Bertz CT molecular complexity index is 1030. The molecule has 3 rings (SSSR count). The van der Waals surface area contributed by atoms with Crippen molar-refractivity contribution in [1.82, 2.24) is 4.90 Å². The van der Waals surface area contributed by atoms with Gasteiger partial charge >= 0.3 is 0 Å². The molecule has 0 bridgehead atoms. The van der Waals surface area contributed by atoms with Crippen LogP contribution in [0.3, 0.4) is 0 Å². The van der Waals surface area contributed by atoms with Crippen molar-refractivity contribution in [1.29, 1.82) is 0 Å². The van der Waals surface area contributed by atoms with E-state index in [4.69, 9.17) is 27.9 Å². The van der Waals surface area contributed by atoms with Crippen LogP contribution in [0, 0.1) is 0 Å². The first-order valence-corrected chi connectivity index (χ1v) is 10.6. The third-order valence-corrected chi connectivity index (χ3v) is 5.77. The lowest BCUT2D eigenvalue weighted by Gasteiger charge is -2.25. The molecule has 1 atom stereocenters. The molecule has 0 spiro atoms. The molecule has 1 aliphatic heterocycles. The van der Waals surface area contributed by atoms with E-state index in [-0.39, 0.29) is 32.7 Å². The molecular formula is C23H24Cl2N2O4. The fraction of sp³-hybridized carbons (Fsp3) is 0.304. The zero-order chi connectivity index (χ0) is 22.9. The fourth-order valence-electron chi connectivity index (χ4n) is 3.70. The maximum Gasteiger partial charge on any atom is 0.295 e. The second-order valence-electron chi connectivity index (χ2n) is 7.45. The highest BCUT2D eigenvalue weighted by atomic mass is 35.5. The van der Waals surface area contributed by atoms with Crippen LogP contribution in [0.5, 0.6) is 5.75 Å². The number of anilines is 1. The van der Waals surface area contributed by atoms with Crippen LogP contribution in [0.1, 0.15) is 30.5 Å². The molecule has 6 nitrogen and oxygen atoms in total. The minimum Gasteiger partial charge on any atom is -0.507 e. The largest absolute Gasteiger partial charge is 0.507 e. The molecule has 31 heavy (non-hydrogen) atoms. The van der Waals surface area contributed by atoms with Gasteiger partial charge in [0.15, 0.2) is 5.75 Å². The Morgan fingerprint density at radius 3 is 2.19 bits per heavy atom. The Morgan fingerprint density at radius 1 is 1.13 bits per heavy atom. The highest BCUT2D eigenvalue weighted by molar-refractivity contribution is 6.46. The Kier molecular flexibility index (Phi) is 6.82. The first-order chi connectivity index (χ1) is 14.7. The summed E-state index contributed by atoms with van der Waals surface area (Å²) >= 11 is 12.4. The van der Waals surface area contributed by atoms with Crippen LogP contribution in [-0.4, -0.2) is 49.4 Å². The summed E-state index contributed by atoms with van der Waals surface area (Å²) in [6, 6.07) is 9.73. The number of likely N-dealkylation sites (tertiary alicyclic amines) is 1. The minimum atomic E-state index is -0.740. The number of ether oxygens (including phenoxy) is 1. The van der Waals surface area contributed by atoms with Gasteiger partial charge < -0.3 is 19.6 Å². The average Bonchev–Trinajstić information content (AvgIpc) is 2.98. The molecule has 1 amide bonds. The van der Waals surface area contributed by atoms with Crippen LogP contribution in [-0.2, 0) is 9.59 Å². The Morgan fingerprint density at radius 2 is 1.71 bits per heavy atom. The first kappa shape index (κ1) is 23.0. The van der Waals surface area contributed by atoms with E-state index in [1.165, 1.54) is 24.1 Å². The van der Waals surface area contributed by atoms with Gasteiger partial charge in [-0.25, -0.2) is 0 Å². The zero-order valence-electron chi connectivity index (χ0n) is 17.8. The fourth-order valence-corrected chi connectivity index (χ4v) is 4.34. The molecule has 2 aromatic carbocycles. The molecule has 0 aromatic heterocycles. The van der Waals surface area contributed by atoms with Crippen molar-refractivity contribution in [3.63, 3.8) is 0 Å². The van der Waals surface area contributed by atoms with E-state index in [1.807, 2.05) is 50.2 Å². The molecule has 1 fully saturated rings. The lowest BCUT2D eigenvalue weighted by molar-refractivity contribution is -0.139. The van der Waals surface area contributed by atoms with Gasteiger partial charge in [0, 0.05) is 31.9 Å².